The molecule has 0 saturated heterocycles. The van der Waals surface area contributed by atoms with Crippen LogP contribution in [0.15, 0.2) is 89.8 Å². The van der Waals surface area contributed by atoms with Crippen LogP contribution in [0.25, 0.3) is 22.5 Å². The zero-order valence-corrected chi connectivity index (χ0v) is 19.2. The molecule has 2 aliphatic rings. The molecule has 2 bridgehead atoms. The minimum absolute atomic E-state index is 0.0694. The number of hydrogen-bond donors (Lipinski definition) is 1. The van der Waals surface area contributed by atoms with Crippen molar-refractivity contribution in [3.63, 3.8) is 0 Å². The molecule has 6 heteroatoms. The molecule has 4 atom stereocenters. The van der Waals surface area contributed by atoms with E-state index in [4.69, 9.17) is 11.6 Å². The molecule has 1 saturated carbocycles. The number of H-pyrrole nitrogens is 1. The van der Waals surface area contributed by atoms with Gasteiger partial charge in [-0.25, -0.2) is 0 Å². The molecule has 1 N–H and O–H groups in total. The van der Waals surface area contributed by atoms with Crippen molar-refractivity contribution >= 4 is 29.1 Å². The van der Waals surface area contributed by atoms with Crippen LogP contribution in [-0.4, -0.2) is 20.5 Å². The van der Waals surface area contributed by atoms with Crippen molar-refractivity contribution in [3.05, 3.63) is 106 Å². The van der Waals surface area contributed by atoms with Crippen LogP contribution in [-0.2, 0) is 0 Å². The average molecular weight is 473 g/mol. The van der Waals surface area contributed by atoms with Gasteiger partial charge in [0.1, 0.15) is 0 Å². The van der Waals surface area contributed by atoms with Crippen molar-refractivity contribution in [1.29, 1.82) is 0 Å². The van der Waals surface area contributed by atoms with Crippen molar-refractivity contribution in [2.24, 2.45) is 0 Å². The van der Waals surface area contributed by atoms with Crippen molar-refractivity contribution in [3.8, 4) is 22.5 Å². The Balaban J connectivity index is 1.45. The summed E-state index contributed by atoms with van der Waals surface area (Å²) in [5.74, 6) is 0.549. The predicted octanol–water partition coefficient (Wildman–Crippen LogP) is 7.61. The molecule has 2 aliphatic carbocycles. The molecule has 0 radical (unpaired) electrons. The lowest BCUT2D eigenvalue weighted by atomic mass is 9.89. The van der Waals surface area contributed by atoms with Gasteiger partial charge in [-0.3, -0.25) is 10.1 Å². The number of alkyl halides is 1. The summed E-state index contributed by atoms with van der Waals surface area (Å²) < 4.78 is 0. The van der Waals surface area contributed by atoms with E-state index in [-0.39, 0.29) is 21.9 Å². The number of fused-ring (bicyclic) bond motifs is 5. The van der Waals surface area contributed by atoms with Crippen LogP contribution >= 0.6 is 23.4 Å². The highest BCUT2D eigenvalue weighted by molar-refractivity contribution is 8.00. The molecule has 1 aromatic heterocycles. The molecular weight excluding hydrogens is 452 g/mol. The lowest BCUT2D eigenvalue weighted by Crippen LogP contribution is -2.13. The van der Waals surface area contributed by atoms with Gasteiger partial charge >= 0.3 is 0 Å². The first kappa shape index (κ1) is 20.6. The maximum Gasteiger partial charge on any atom is 0.269 e. The van der Waals surface area contributed by atoms with E-state index in [0.29, 0.717) is 11.2 Å². The zero-order chi connectivity index (χ0) is 22.5. The van der Waals surface area contributed by atoms with Gasteiger partial charge in [0.05, 0.1) is 4.92 Å². The number of non-ortho nitro benzene ring substituents is 1. The predicted molar refractivity (Wildman–Crippen MR) is 134 cm³/mol. The second kappa shape index (κ2) is 8.08. The summed E-state index contributed by atoms with van der Waals surface area (Å²) in [4.78, 5) is 15.5. The lowest BCUT2D eigenvalue weighted by Gasteiger charge is -2.19. The first-order chi connectivity index (χ1) is 16.1. The molecule has 0 aliphatic heterocycles. The number of aromatic amines is 1. The molecule has 33 heavy (non-hydrogen) atoms. The molecule has 3 aromatic carbocycles. The van der Waals surface area contributed by atoms with E-state index in [2.05, 4.69) is 53.5 Å². The van der Waals surface area contributed by atoms with Crippen molar-refractivity contribution in [2.75, 3.05) is 0 Å². The monoisotopic (exact) mass is 472 g/mol. The van der Waals surface area contributed by atoms with Gasteiger partial charge in [0.15, 0.2) is 0 Å². The van der Waals surface area contributed by atoms with Crippen LogP contribution in [0, 0.1) is 10.1 Å². The number of nitro benzene ring substituents is 1. The molecule has 1 fully saturated rings. The van der Waals surface area contributed by atoms with Gasteiger partial charge in [0, 0.05) is 50.9 Å². The van der Waals surface area contributed by atoms with E-state index < -0.39 is 0 Å². The number of hydrogen-bond acceptors (Lipinski definition) is 3. The van der Waals surface area contributed by atoms with Crippen LogP contribution in [0.2, 0.25) is 0 Å². The zero-order valence-electron chi connectivity index (χ0n) is 17.6. The third kappa shape index (κ3) is 3.38. The highest BCUT2D eigenvalue weighted by Gasteiger charge is 2.54. The van der Waals surface area contributed by atoms with Crippen molar-refractivity contribution < 1.29 is 4.92 Å². The fraction of sp³-hybridized carbons (Fsp3) is 0.185. The summed E-state index contributed by atoms with van der Waals surface area (Å²) in [7, 11) is 0. The number of nitro groups is 1. The van der Waals surface area contributed by atoms with E-state index in [1.807, 2.05) is 24.3 Å². The fourth-order valence-corrected chi connectivity index (χ4v) is 7.54. The Labute approximate surface area is 201 Å². The first-order valence-electron chi connectivity index (χ1n) is 11.0. The summed E-state index contributed by atoms with van der Waals surface area (Å²) in [6, 6.07) is 27.9. The summed E-state index contributed by atoms with van der Waals surface area (Å²) in [5.41, 5.74) is 7.57. The molecule has 0 spiro atoms. The number of nitrogens with zero attached hydrogens (tertiary/aromatic N) is 1. The van der Waals surface area contributed by atoms with Crippen molar-refractivity contribution in [2.45, 2.75) is 33.8 Å². The summed E-state index contributed by atoms with van der Waals surface area (Å²) in [6.45, 7) is 0. The molecule has 4 nitrogen and oxygen atoms in total. The quantitative estimate of drug-likeness (QED) is 0.185. The van der Waals surface area contributed by atoms with Gasteiger partial charge in [0.25, 0.3) is 5.69 Å². The molecular formula is C27H21ClN2O2S. The Morgan fingerprint density at radius 1 is 0.848 bits per heavy atom. The highest BCUT2D eigenvalue weighted by atomic mass is 35.5. The van der Waals surface area contributed by atoms with Crippen LogP contribution in [0.5, 0.6) is 0 Å². The number of benzene rings is 3. The van der Waals surface area contributed by atoms with Crippen LogP contribution in [0.1, 0.15) is 29.4 Å². The Hall–Kier alpha value is -3.02. The van der Waals surface area contributed by atoms with E-state index in [1.54, 1.807) is 23.9 Å². The molecule has 1 heterocycles. The molecule has 4 aromatic rings. The maximum atomic E-state index is 11.1. The number of aromatic nitrogens is 1. The summed E-state index contributed by atoms with van der Waals surface area (Å²) >= 11 is 8.76. The maximum absolute atomic E-state index is 11.1. The molecule has 0 amide bonds. The Bertz CT molecular complexity index is 1320. The highest BCUT2D eigenvalue weighted by Crippen LogP contribution is 2.64. The van der Waals surface area contributed by atoms with E-state index in [1.165, 1.54) is 27.9 Å². The van der Waals surface area contributed by atoms with E-state index in [9.17, 15) is 10.1 Å². The Kier molecular flexibility index (Phi) is 5.04. The molecule has 6 rings (SSSR count). The van der Waals surface area contributed by atoms with Gasteiger partial charge < -0.3 is 4.98 Å². The topological polar surface area (TPSA) is 58.9 Å². The smallest absolute Gasteiger partial charge is 0.269 e. The fourth-order valence-electron chi connectivity index (χ4n) is 5.49. The minimum atomic E-state index is -0.355. The normalized spacial score (nSPS) is 22.9. The minimum Gasteiger partial charge on any atom is -0.354 e. The standard InChI is InChI=1S/C27H21ClN2O2S/c28-21-15-20-22-24(23(21)27(20)33-19-13-11-18(12-14-19)30(31)32)26(17-9-5-2-6-10-17)29-25(22)16-7-3-1-4-8-16/h1-14,20-21,23,27,29H,15H2/t20-,21+,23+,27-/m0/s1. The number of halogens is 1. The number of nitrogens with one attached hydrogen (secondary N) is 1. The van der Waals surface area contributed by atoms with Gasteiger partial charge in [-0.1, -0.05) is 60.7 Å². The Morgan fingerprint density at radius 2 is 1.42 bits per heavy atom. The van der Waals surface area contributed by atoms with Gasteiger partial charge in [-0.05, 0) is 40.8 Å². The van der Waals surface area contributed by atoms with Gasteiger partial charge in [-0.2, -0.15) is 0 Å². The van der Waals surface area contributed by atoms with Gasteiger partial charge in [0.2, 0.25) is 0 Å². The van der Waals surface area contributed by atoms with Gasteiger partial charge in [-0.15, -0.1) is 23.4 Å². The van der Waals surface area contributed by atoms with Crippen LogP contribution < -0.4 is 0 Å². The second-order valence-corrected chi connectivity index (χ2v) is 10.5. The third-order valence-corrected chi connectivity index (χ3v) is 8.73. The van der Waals surface area contributed by atoms with Crippen LogP contribution in [0.4, 0.5) is 5.69 Å². The number of rotatable bonds is 5. The summed E-state index contributed by atoms with van der Waals surface area (Å²) in [5, 5.41) is 11.4. The largest absolute Gasteiger partial charge is 0.354 e. The molecule has 164 valence electrons. The second-order valence-electron chi connectivity index (χ2n) is 8.65. The third-order valence-electron chi connectivity index (χ3n) is 6.85. The average Bonchev–Trinajstić information content (AvgIpc) is 3.47. The van der Waals surface area contributed by atoms with E-state index in [0.717, 1.165) is 17.0 Å². The van der Waals surface area contributed by atoms with Crippen LogP contribution in [0.3, 0.4) is 0 Å². The lowest BCUT2D eigenvalue weighted by molar-refractivity contribution is -0.384. The summed E-state index contributed by atoms with van der Waals surface area (Å²) in [6.07, 6.45) is 0.940. The SMILES string of the molecule is O=[N+]([O-])c1ccc(S[C@@H]2[C@H]3c4c(-c5ccccc5)[nH]c(-c5ccccc5)c4[C@@H]2C[C@H]3Cl)cc1. The molecule has 0 unspecified atom stereocenters. The van der Waals surface area contributed by atoms with Crippen molar-refractivity contribution in [1.82, 2.24) is 4.98 Å². The number of thioether (sulfide) groups is 1. The Morgan fingerprint density at radius 3 is 2.00 bits per heavy atom. The first-order valence-corrected chi connectivity index (χ1v) is 12.3. The van der Waals surface area contributed by atoms with E-state index >= 15 is 0 Å².